The molecule has 3 aliphatic heterocycles. The number of likely N-dealkylation sites (N-methyl/N-ethyl adjacent to an activating group) is 1. The second-order valence-corrected chi connectivity index (χ2v) is 11.6. The summed E-state index contributed by atoms with van der Waals surface area (Å²) in [6, 6.07) is 8.81. The third kappa shape index (κ3) is 7.39. The Morgan fingerprint density at radius 3 is 2.77 bits per heavy atom. The van der Waals surface area contributed by atoms with Crippen molar-refractivity contribution < 1.29 is 28.6 Å². The van der Waals surface area contributed by atoms with Crippen LogP contribution in [0.3, 0.4) is 0 Å². The number of hydrogen-bond donors (Lipinski definition) is 2. The summed E-state index contributed by atoms with van der Waals surface area (Å²) in [4.78, 5) is 43.6. The highest BCUT2D eigenvalue weighted by atomic mass is 32.1. The van der Waals surface area contributed by atoms with Gasteiger partial charge in [0.15, 0.2) is 0 Å². The van der Waals surface area contributed by atoms with Gasteiger partial charge < -0.3 is 29.7 Å². The van der Waals surface area contributed by atoms with Gasteiger partial charge in [0.1, 0.15) is 18.5 Å². The van der Waals surface area contributed by atoms with E-state index < -0.39 is 0 Å². The van der Waals surface area contributed by atoms with Gasteiger partial charge >= 0.3 is 0 Å². The van der Waals surface area contributed by atoms with Crippen molar-refractivity contribution in [2.45, 2.75) is 50.4 Å². The highest BCUT2D eigenvalue weighted by molar-refractivity contribution is 7.10. The predicted molar refractivity (Wildman–Crippen MR) is 152 cm³/mol. The van der Waals surface area contributed by atoms with Crippen LogP contribution < -0.4 is 15.4 Å². The number of amides is 3. The summed E-state index contributed by atoms with van der Waals surface area (Å²) in [6.07, 6.45) is 2.34. The minimum absolute atomic E-state index is 0.0133. The lowest BCUT2D eigenvalue weighted by atomic mass is 9.94. The molecule has 5 rings (SSSR count). The summed E-state index contributed by atoms with van der Waals surface area (Å²) in [5, 5.41) is 7.85. The molecule has 3 amide bonds. The Kier molecular flexibility index (Phi) is 9.69. The van der Waals surface area contributed by atoms with Crippen LogP contribution in [0.1, 0.15) is 40.9 Å². The van der Waals surface area contributed by atoms with Crippen LogP contribution in [0.15, 0.2) is 35.7 Å². The van der Waals surface area contributed by atoms with Crippen LogP contribution in [-0.4, -0.2) is 98.8 Å². The standard InChI is InChI=1S/C29H38N4O6S/c1-32-24-7-6-21(17-27(34)30-9-3-10-33-11-13-37-14-12-33)39-26(24)19-38-25-8-5-20(16-23(25)29(32)36)31-28(35)18-22-4-2-15-40-22/h2,4-5,8,15-16,21,24,26H,3,6-7,9-14,17-19H2,1H3,(H,30,34)(H,31,35)/t21-,24+,26-/m1/s1. The molecule has 2 aromatic rings. The number of fused-ring (bicyclic) bond motifs is 2. The van der Waals surface area contributed by atoms with E-state index >= 15 is 0 Å². The molecule has 0 spiro atoms. The molecule has 0 aliphatic carbocycles. The van der Waals surface area contributed by atoms with E-state index in [1.807, 2.05) is 17.5 Å². The van der Waals surface area contributed by atoms with E-state index in [0.29, 0.717) is 36.4 Å². The smallest absolute Gasteiger partial charge is 0.257 e. The molecule has 2 fully saturated rings. The van der Waals surface area contributed by atoms with Crippen molar-refractivity contribution in [1.82, 2.24) is 15.1 Å². The number of nitrogens with one attached hydrogen (secondary N) is 2. The maximum Gasteiger partial charge on any atom is 0.257 e. The van der Waals surface area contributed by atoms with Crippen molar-refractivity contribution >= 4 is 34.7 Å². The molecule has 3 atom stereocenters. The minimum atomic E-state index is -0.333. The summed E-state index contributed by atoms with van der Waals surface area (Å²) in [5.41, 5.74) is 0.965. The fraction of sp³-hybridized carbons (Fsp3) is 0.552. The third-order valence-electron chi connectivity index (χ3n) is 7.70. The predicted octanol–water partition coefficient (Wildman–Crippen LogP) is 2.54. The zero-order chi connectivity index (χ0) is 27.9. The lowest BCUT2D eigenvalue weighted by molar-refractivity contribution is -0.134. The first kappa shape index (κ1) is 28.5. The van der Waals surface area contributed by atoms with Gasteiger partial charge in [0.05, 0.1) is 43.8 Å². The first-order valence-electron chi connectivity index (χ1n) is 14.0. The van der Waals surface area contributed by atoms with Crippen LogP contribution in [0, 0.1) is 0 Å². The number of carbonyl (C=O) groups excluding carboxylic acids is 3. The SMILES string of the molecule is CN1C(=O)c2cc(NC(=O)Cc3cccs3)ccc2OC[C@H]2O[C@@H](CC(=O)NCCCN3CCOCC3)CC[C@@H]21. The van der Waals surface area contributed by atoms with Crippen molar-refractivity contribution in [1.29, 1.82) is 0 Å². The molecule has 0 bridgehead atoms. The first-order valence-corrected chi connectivity index (χ1v) is 14.9. The molecule has 11 heteroatoms. The number of rotatable bonds is 9. The van der Waals surface area contributed by atoms with Crippen LogP contribution in [-0.2, 0) is 25.5 Å². The van der Waals surface area contributed by atoms with Crippen molar-refractivity contribution in [2.24, 2.45) is 0 Å². The molecule has 40 heavy (non-hydrogen) atoms. The summed E-state index contributed by atoms with van der Waals surface area (Å²) in [6.45, 7) is 5.32. The lowest BCUT2D eigenvalue weighted by Gasteiger charge is -2.42. The van der Waals surface area contributed by atoms with Gasteiger partial charge in [-0.25, -0.2) is 0 Å². The minimum Gasteiger partial charge on any atom is -0.490 e. The summed E-state index contributed by atoms with van der Waals surface area (Å²) in [5.74, 6) is 0.123. The molecule has 1 aromatic heterocycles. The highest BCUT2D eigenvalue weighted by Gasteiger charge is 2.39. The fourth-order valence-electron chi connectivity index (χ4n) is 5.52. The van der Waals surface area contributed by atoms with Gasteiger partial charge in [0, 0.05) is 37.2 Å². The summed E-state index contributed by atoms with van der Waals surface area (Å²) >= 11 is 1.53. The Labute approximate surface area is 238 Å². The van der Waals surface area contributed by atoms with Crippen molar-refractivity contribution in [3.63, 3.8) is 0 Å². The first-order chi connectivity index (χ1) is 19.5. The topological polar surface area (TPSA) is 109 Å². The van der Waals surface area contributed by atoms with Gasteiger partial charge in [0.2, 0.25) is 11.8 Å². The molecule has 2 saturated heterocycles. The molecule has 10 nitrogen and oxygen atoms in total. The van der Waals surface area contributed by atoms with Gasteiger partial charge in [0.25, 0.3) is 5.91 Å². The van der Waals surface area contributed by atoms with Crippen molar-refractivity contribution in [3.8, 4) is 5.75 Å². The zero-order valence-corrected chi connectivity index (χ0v) is 23.8. The second-order valence-electron chi connectivity index (χ2n) is 10.5. The molecule has 0 unspecified atom stereocenters. The zero-order valence-electron chi connectivity index (χ0n) is 22.9. The van der Waals surface area contributed by atoms with Gasteiger partial charge in [-0.15, -0.1) is 11.3 Å². The van der Waals surface area contributed by atoms with Crippen molar-refractivity contribution in [2.75, 3.05) is 58.4 Å². The van der Waals surface area contributed by atoms with E-state index in [-0.39, 0.29) is 49.0 Å². The number of morpholine rings is 1. The van der Waals surface area contributed by atoms with E-state index in [2.05, 4.69) is 15.5 Å². The molecule has 0 saturated carbocycles. The monoisotopic (exact) mass is 570 g/mol. The Morgan fingerprint density at radius 2 is 1.98 bits per heavy atom. The number of hydrogen-bond acceptors (Lipinski definition) is 8. The summed E-state index contributed by atoms with van der Waals surface area (Å²) in [7, 11) is 1.78. The molecule has 2 N–H and O–H groups in total. The lowest BCUT2D eigenvalue weighted by Crippen LogP contribution is -2.54. The number of nitrogens with zero attached hydrogens (tertiary/aromatic N) is 2. The van der Waals surface area contributed by atoms with Gasteiger partial charge in [-0.2, -0.15) is 0 Å². The Balaban J connectivity index is 1.12. The van der Waals surface area contributed by atoms with Gasteiger partial charge in [-0.1, -0.05) is 6.07 Å². The molecule has 3 aliphatic rings. The van der Waals surface area contributed by atoms with E-state index in [9.17, 15) is 14.4 Å². The highest BCUT2D eigenvalue weighted by Crippen LogP contribution is 2.32. The fourth-order valence-corrected chi connectivity index (χ4v) is 6.22. The van der Waals surface area contributed by atoms with Crippen LogP contribution in [0.2, 0.25) is 0 Å². The molecule has 4 heterocycles. The number of ether oxygens (including phenoxy) is 3. The Bertz CT molecular complexity index is 1170. The Morgan fingerprint density at radius 1 is 1.12 bits per heavy atom. The van der Waals surface area contributed by atoms with E-state index in [0.717, 1.165) is 50.6 Å². The van der Waals surface area contributed by atoms with Gasteiger partial charge in [-0.3, -0.25) is 19.3 Å². The van der Waals surface area contributed by atoms with Gasteiger partial charge in [-0.05, 0) is 55.5 Å². The van der Waals surface area contributed by atoms with Crippen molar-refractivity contribution in [3.05, 3.63) is 46.2 Å². The van der Waals surface area contributed by atoms with Crippen LogP contribution in [0.5, 0.6) is 5.75 Å². The number of carbonyl (C=O) groups is 3. The molecular formula is C29H38N4O6S. The number of benzene rings is 1. The maximum atomic E-state index is 13.5. The maximum absolute atomic E-state index is 13.5. The van der Waals surface area contributed by atoms with E-state index in [4.69, 9.17) is 14.2 Å². The molecule has 0 radical (unpaired) electrons. The molecule has 216 valence electrons. The molecule has 1 aromatic carbocycles. The molecular weight excluding hydrogens is 532 g/mol. The number of thiophene rings is 1. The second kappa shape index (κ2) is 13.6. The van der Waals surface area contributed by atoms with Crippen LogP contribution >= 0.6 is 11.3 Å². The Hall–Kier alpha value is -2.99. The van der Waals surface area contributed by atoms with E-state index in [1.165, 1.54) is 11.3 Å². The summed E-state index contributed by atoms with van der Waals surface area (Å²) < 4.78 is 17.7. The normalized spacial score (nSPS) is 23.3. The third-order valence-corrected chi connectivity index (χ3v) is 8.58. The van der Waals surface area contributed by atoms with Crippen LogP contribution in [0.4, 0.5) is 5.69 Å². The largest absolute Gasteiger partial charge is 0.490 e. The van der Waals surface area contributed by atoms with Crippen LogP contribution in [0.25, 0.3) is 0 Å². The van der Waals surface area contributed by atoms with E-state index in [1.54, 1.807) is 30.1 Å². The number of anilines is 1. The quantitative estimate of drug-likeness (QED) is 0.446. The average Bonchev–Trinajstić information content (AvgIpc) is 3.47. The average molecular weight is 571 g/mol.